The number of hydrogen-bond donors (Lipinski definition) is 0. The molecule has 0 amide bonds. The summed E-state index contributed by atoms with van der Waals surface area (Å²) in [6.45, 7) is 19.8. The summed E-state index contributed by atoms with van der Waals surface area (Å²) in [5.41, 5.74) is 11.1. The average Bonchev–Trinajstić information content (AvgIpc) is 2.99. The van der Waals surface area contributed by atoms with Gasteiger partial charge in [0.2, 0.25) is 0 Å². The van der Waals surface area contributed by atoms with E-state index in [1.165, 1.54) is 60.8 Å². The summed E-state index contributed by atoms with van der Waals surface area (Å²) < 4.78 is 0. The van der Waals surface area contributed by atoms with E-state index in [1.807, 2.05) is 0 Å². The van der Waals surface area contributed by atoms with Crippen LogP contribution in [0.1, 0.15) is 112 Å². The molecule has 0 unspecified atom stereocenters. The molecule has 3 rings (SSSR count). The van der Waals surface area contributed by atoms with Crippen molar-refractivity contribution in [1.82, 2.24) is 4.98 Å². The first-order valence-corrected chi connectivity index (χ1v) is 15.8. The number of aromatic nitrogens is 1. The van der Waals surface area contributed by atoms with E-state index in [0.717, 1.165) is 59.9 Å². The first-order chi connectivity index (χ1) is 20.4. The monoisotopic (exact) mass is 619 g/mol. The zero-order chi connectivity index (χ0) is 30.7. The minimum absolute atomic E-state index is 0. The Kier molecular flexibility index (Phi) is 19.1. The number of unbranched alkanes of at least 4 members (excludes halogenated alkanes) is 6. The molecular formula is C39H53FeN3. The summed E-state index contributed by atoms with van der Waals surface area (Å²) in [5, 5.41) is 0. The summed E-state index contributed by atoms with van der Waals surface area (Å²) in [6, 6.07) is 19.2. The van der Waals surface area contributed by atoms with Crippen molar-refractivity contribution < 1.29 is 17.1 Å². The molecule has 1 aromatic heterocycles. The molecule has 1 heterocycles. The van der Waals surface area contributed by atoms with Gasteiger partial charge in [0, 0.05) is 17.1 Å². The second-order valence-electron chi connectivity index (χ2n) is 11.1. The molecule has 0 fully saturated rings. The Bertz CT molecular complexity index is 1200. The summed E-state index contributed by atoms with van der Waals surface area (Å²) >= 11 is 0. The zero-order valence-electron chi connectivity index (χ0n) is 27.5. The Morgan fingerprint density at radius 1 is 0.581 bits per heavy atom. The zero-order valence-corrected chi connectivity index (χ0v) is 28.6. The number of aliphatic imine (C=N–C) groups is 2. The fourth-order valence-corrected chi connectivity index (χ4v) is 4.91. The molecule has 4 heteroatoms. The van der Waals surface area contributed by atoms with E-state index < -0.39 is 0 Å². The van der Waals surface area contributed by atoms with Gasteiger partial charge in [-0.3, -0.25) is 9.98 Å². The predicted molar refractivity (Wildman–Crippen MR) is 186 cm³/mol. The number of para-hydroxylation sites is 2. The molecule has 0 N–H and O–H groups in total. The molecule has 0 saturated heterocycles. The summed E-state index contributed by atoms with van der Waals surface area (Å²) in [4.78, 5) is 15.7. The normalized spacial score (nSPS) is 11.3. The molecule has 0 aliphatic rings. The van der Waals surface area contributed by atoms with E-state index in [2.05, 4.69) is 109 Å². The number of rotatable bonds is 15. The third kappa shape index (κ3) is 13.0. The van der Waals surface area contributed by atoms with Crippen LogP contribution in [0.3, 0.4) is 0 Å². The molecule has 2 aromatic carbocycles. The number of allylic oxidation sites excluding steroid dienone is 2. The Hall–Kier alpha value is -3.07. The second kappa shape index (κ2) is 21.6. The molecule has 0 aliphatic carbocycles. The first kappa shape index (κ1) is 38.0. The molecule has 0 bridgehead atoms. The van der Waals surface area contributed by atoms with Crippen LogP contribution >= 0.6 is 0 Å². The van der Waals surface area contributed by atoms with E-state index in [4.69, 9.17) is 15.0 Å². The van der Waals surface area contributed by atoms with Gasteiger partial charge in [-0.25, -0.2) is 4.98 Å². The maximum Gasteiger partial charge on any atom is 0.0852 e. The van der Waals surface area contributed by atoms with Crippen LogP contribution in [0.2, 0.25) is 0 Å². The molecule has 0 saturated carbocycles. The van der Waals surface area contributed by atoms with Gasteiger partial charge in [-0.1, -0.05) is 120 Å². The van der Waals surface area contributed by atoms with Gasteiger partial charge < -0.3 is 0 Å². The molecule has 43 heavy (non-hydrogen) atoms. The number of nitrogens with zero attached hydrogens (tertiary/aromatic N) is 3. The van der Waals surface area contributed by atoms with Gasteiger partial charge in [0.15, 0.2) is 0 Å². The van der Waals surface area contributed by atoms with Crippen LogP contribution in [0.15, 0.2) is 89.9 Å². The summed E-state index contributed by atoms with van der Waals surface area (Å²) in [6.07, 6.45) is 14.8. The van der Waals surface area contributed by atoms with Crippen molar-refractivity contribution in [3.63, 3.8) is 0 Å². The Labute approximate surface area is 273 Å². The van der Waals surface area contributed by atoms with Crippen molar-refractivity contribution in [2.24, 2.45) is 9.98 Å². The topological polar surface area (TPSA) is 37.6 Å². The Balaban J connectivity index is 0.00000174. The Morgan fingerprint density at radius 3 is 1.26 bits per heavy atom. The largest absolute Gasteiger partial charge is 0.251 e. The van der Waals surface area contributed by atoms with Gasteiger partial charge in [0.25, 0.3) is 0 Å². The van der Waals surface area contributed by atoms with Gasteiger partial charge >= 0.3 is 0 Å². The van der Waals surface area contributed by atoms with Crippen LogP contribution in [0.25, 0.3) is 0 Å². The molecule has 3 nitrogen and oxygen atoms in total. The smallest absolute Gasteiger partial charge is 0.0852 e. The summed E-state index contributed by atoms with van der Waals surface area (Å²) in [7, 11) is 0. The molecule has 0 radical (unpaired) electrons. The van der Waals surface area contributed by atoms with Crippen molar-refractivity contribution in [2.75, 3.05) is 0 Å². The molecule has 3 aromatic rings. The van der Waals surface area contributed by atoms with Gasteiger partial charge in [0.05, 0.1) is 34.2 Å². The van der Waals surface area contributed by atoms with Gasteiger partial charge in [-0.2, -0.15) is 0 Å². The third-order valence-electron chi connectivity index (χ3n) is 7.41. The van der Waals surface area contributed by atoms with Crippen molar-refractivity contribution in [2.45, 2.75) is 106 Å². The standard InChI is InChI=1S/C35H47N3.C4H6.Fe/c1-7-9-11-13-22-32(37-34-26(3)18-15-19-27(34)4)30-24-17-25-31(36-30)33(23-14-12-10-8-2)38-35-28(5)20-16-21-29(35)6;1-3-4-2;/h15-21,24-25H,7-14,22-23H2,1-6H3;3-4H,1-2H2;. The van der Waals surface area contributed by atoms with Crippen LogP contribution in [0, 0.1) is 27.7 Å². The maximum absolute atomic E-state index is 5.24. The van der Waals surface area contributed by atoms with Crippen molar-refractivity contribution >= 4 is 22.8 Å². The maximum atomic E-state index is 5.24. The first-order valence-electron chi connectivity index (χ1n) is 15.8. The molecule has 0 spiro atoms. The van der Waals surface area contributed by atoms with Crippen LogP contribution in [0.5, 0.6) is 0 Å². The molecule has 0 aliphatic heterocycles. The number of benzene rings is 2. The number of hydrogen-bond acceptors (Lipinski definition) is 3. The van der Waals surface area contributed by atoms with Crippen LogP contribution < -0.4 is 0 Å². The minimum atomic E-state index is 0. The molecule has 0 atom stereocenters. The van der Waals surface area contributed by atoms with E-state index in [1.54, 1.807) is 12.2 Å². The fourth-order valence-electron chi connectivity index (χ4n) is 4.91. The SMILES string of the molecule is C=CC=C.CCCCCCC(=Nc1c(C)cccc1C)c1cccc(C(CCCCCC)=Nc2c(C)cccc2C)n1.[Fe]. The van der Waals surface area contributed by atoms with Gasteiger partial charge in [-0.05, 0) is 87.8 Å². The van der Waals surface area contributed by atoms with Crippen LogP contribution in [-0.4, -0.2) is 16.4 Å². The van der Waals surface area contributed by atoms with E-state index in [9.17, 15) is 0 Å². The van der Waals surface area contributed by atoms with Gasteiger partial charge in [-0.15, -0.1) is 0 Å². The molecular weight excluding hydrogens is 566 g/mol. The van der Waals surface area contributed by atoms with Crippen LogP contribution in [0.4, 0.5) is 11.4 Å². The minimum Gasteiger partial charge on any atom is -0.251 e. The van der Waals surface area contributed by atoms with Crippen molar-refractivity contribution in [3.8, 4) is 0 Å². The van der Waals surface area contributed by atoms with Crippen LogP contribution in [-0.2, 0) is 17.1 Å². The number of aryl methyl sites for hydroxylation is 4. The average molecular weight is 620 g/mol. The third-order valence-corrected chi connectivity index (χ3v) is 7.41. The summed E-state index contributed by atoms with van der Waals surface area (Å²) in [5.74, 6) is 0. The van der Waals surface area contributed by atoms with Crippen molar-refractivity contribution in [1.29, 1.82) is 0 Å². The van der Waals surface area contributed by atoms with E-state index in [-0.39, 0.29) is 17.1 Å². The number of pyridine rings is 1. The van der Waals surface area contributed by atoms with E-state index >= 15 is 0 Å². The van der Waals surface area contributed by atoms with Crippen molar-refractivity contribution in [3.05, 3.63) is 114 Å². The van der Waals surface area contributed by atoms with E-state index in [0.29, 0.717) is 0 Å². The Morgan fingerprint density at radius 2 is 0.930 bits per heavy atom. The van der Waals surface area contributed by atoms with Gasteiger partial charge in [0.1, 0.15) is 0 Å². The molecule has 232 valence electrons. The quantitative estimate of drug-likeness (QED) is 0.0722. The fraction of sp³-hybridized carbons (Fsp3) is 0.410. The second-order valence-corrected chi connectivity index (χ2v) is 11.1. The predicted octanol–water partition coefficient (Wildman–Crippen LogP) is 11.9.